The molecule has 0 saturated carbocycles. The maximum absolute atomic E-state index is 6.04. The van der Waals surface area contributed by atoms with Gasteiger partial charge < -0.3 is 9.30 Å². The average molecular weight is 663 g/mol. The molecule has 0 saturated heterocycles. The van der Waals surface area contributed by atoms with Crippen LogP contribution in [-0.2, 0) is 33.9 Å². The van der Waals surface area contributed by atoms with Gasteiger partial charge >= 0.3 is 21.1 Å². The van der Waals surface area contributed by atoms with Gasteiger partial charge in [-0.05, 0) is 53.6 Å². The van der Waals surface area contributed by atoms with E-state index in [0.717, 1.165) is 51.9 Å². The van der Waals surface area contributed by atoms with Gasteiger partial charge in [-0.2, -0.15) is 24.3 Å². The van der Waals surface area contributed by atoms with Crippen molar-refractivity contribution in [3.63, 3.8) is 0 Å². The van der Waals surface area contributed by atoms with Gasteiger partial charge in [0.25, 0.3) is 0 Å². The molecule has 0 spiro atoms. The van der Waals surface area contributed by atoms with E-state index >= 15 is 0 Å². The van der Waals surface area contributed by atoms with Crippen LogP contribution in [0.15, 0.2) is 91.1 Å². The fourth-order valence-electron chi connectivity index (χ4n) is 4.58. The van der Waals surface area contributed by atoms with Crippen molar-refractivity contribution < 1.29 is 25.8 Å². The molecule has 3 aromatic carbocycles. The first kappa shape index (κ1) is 24.9. The van der Waals surface area contributed by atoms with E-state index in [1.165, 1.54) is 10.9 Å². The third-order valence-electron chi connectivity index (χ3n) is 6.45. The Morgan fingerprint density at radius 1 is 0.784 bits per heavy atom. The fourth-order valence-corrected chi connectivity index (χ4v) is 4.58. The predicted molar refractivity (Wildman–Crippen MR) is 145 cm³/mol. The number of rotatable bonds is 6. The monoisotopic (exact) mass is 662 g/mol. The number of aromatic nitrogens is 3. The van der Waals surface area contributed by atoms with Crippen LogP contribution in [0.3, 0.4) is 0 Å². The molecular weight excluding hydrogens is 637 g/mol. The summed E-state index contributed by atoms with van der Waals surface area (Å²) in [5.74, 6) is 2.10. The number of para-hydroxylation sites is 1. The number of ether oxygens (including phenoxy) is 1. The number of nitrogens with zero attached hydrogens (tertiary/aromatic N) is 3. The summed E-state index contributed by atoms with van der Waals surface area (Å²) < 4.78 is 8.24. The Hall–Kier alpha value is -3.75. The summed E-state index contributed by atoms with van der Waals surface area (Å²) in [5.41, 5.74) is 6.21. The van der Waals surface area contributed by atoms with E-state index in [9.17, 15) is 0 Å². The van der Waals surface area contributed by atoms with Crippen molar-refractivity contribution in [3.8, 4) is 28.6 Å². The van der Waals surface area contributed by atoms with Crippen LogP contribution in [-0.4, -0.2) is 14.5 Å². The second-order valence-corrected chi connectivity index (χ2v) is 8.71. The number of aryl methyl sites for hydroxylation is 2. The van der Waals surface area contributed by atoms with E-state index < -0.39 is 0 Å². The Bertz CT molecular complexity index is 1710. The third kappa shape index (κ3) is 4.82. The molecule has 0 aliphatic carbocycles. The molecule has 37 heavy (non-hydrogen) atoms. The largest absolute Gasteiger partial charge is 2.00 e. The Balaban J connectivity index is 0.00000280. The topological polar surface area (TPSA) is 39.9 Å². The van der Waals surface area contributed by atoms with Crippen molar-refractivity contribution in [1.29, 1.82) is 0 Å². The van der Waals surface area contributed by atoms with E-state index in [1.54, 1.807) is 6.20 Å². The first-order chi connectivity index (χ1) is 17.7. The van der Waals surface area contributed by atoms with Gasteiger partial charge in [0.15, 0.2) is 0 Å². The first-order valence-electron chi connectivity index (χ1n) is 12.3. The maximum atomic E-state index is 6.04. The molecule has 0 amide bonds. The van der Waals surface area contributed by atoms with Gasteiger partial charge in [-0.3, -0.25) is 0 Å². The van der Waals surface area contributed by atoms with Crippen LogP contribution in [0, 0.1) is 12.1 Å². The molecule has 0 atom stereocenters. The molecule has 0 N–H and O–H groups in total. The number of hydrogen-bond acceptors (Lipinski definition) is 3. The molecule has 0 aliphatic rings. The van der Waals surface area contributed by atoms with Crippen molar-refractivity contribution in [1.82, 2.24) is 14.5 Å². The minimum absolute atomic E-state index is 0. The van der Waals surface area contributed by atoms with Gasteiger partial charge in [-0.15, -0.1) is 18.2 Å². The van der Waals surface area contributed by atoms with Crippen molar-refractivity contribution in [2.75, 3.05) is 0 Å². The summed E-state index contributed by atoms with van der Waals surface area (Å²) in [6, 6.07) is 35.8. The fraction of sp³-hybridized carbons (Fsp3) is 0.125. The number of hydrogen-bond donors (Lipinski definition) is 0. The minimum atomic E-state index is 0. The van der Waals surface area contributed by atoms with Crippen molar-refractivity contribution in [3.05, 3.63) is 115 Å². The van der Waals surface area contributed by atoms with Crippen molar-refractivity contribution in [2.45, 2.75) is 26.7 Å². The molecule has 0 aliphatic heterocycles. The molecule has 0 fully saturated rings. The number of pyridine rings is 2. The van der Waals surface area contributed by atoms with Gasteiger partial charge in [0.2, 0.25) is 5.88 Å². The summed E-state index contributed by atoms with van der Waals surface area (Å²) in [5, 5.41) is 2.33. The summed E-state index contributed by atoms with van der Waals surface area (Å²) in [6.07, 6.45) is 3.60. The molecule has 6 rings (SSSR count). The predicted octanol–water partition coefficient (Wildman–Crippen LogP) is 7.76. The smallest absolute Gasteiger partial charge is 0.460 e. The summed E-state index contributed by atoms with van der Waals surface area (Å²) in [7, 11) is 0. The summed E-state index contributed by atoms with van der Waals surface area (Å²) >= 11 is 0. The minimum Gasteiger partial charge on any atom is -0.460 e. The molecular formula is C32H25N3OPt. The van der Waals surface area contributed by atoms with Crippen LogP contribution in [0.1, 0.15) is 25.1 Å². The van der Waals surface area contributed by atoms with Gasteiger partial charge in [0, 0.05) is 29.2 Å². The van der Waals surface area contributed by atoms with Crippen LogP contribution in [0.5, 0.6) is 11.6 Å². The summed E-state index contributed by atoms with van der Waals surface area (Å²) in [6.45, 7) is 4.24. The second-order valence-electron chi connectivity index (χ2n) is 8.71. The molecule has 184 valence electrons. The van der Waals surface area contributed by atoms with E-state index in [4.69, 9.17) is 9.72 Å². The van der Waals surface area contributed by atoms with E-state index in [2.05, 4.69) is 90.1 Å². The van der Waals surface area contributed by atoms with Gasteiger partial charge in [0.05, 0.1) is 0 Å². The Morgan fingerprint density at radius 3 is 2.49 bits per heavy atom. The van der Waals surface area contributed by atoms with Gasteiger partial charge in [-0.25, -0.2) is 21.1 Å². The quantitative estimate of drug-likeness (QED) is 0.171. The average Bonchev–Trinajstić information content (AvgIpc) is 3.27. The van der Waals surface area contributed by atoms with Crippen LogP contribution in [0.2, 0.25) is 0 Å². The second kappa shape index (κ2) is 10.7. The van der Waals surface area contributed by atoms with Gasteiger partial charge in [0.1, 0.15) is 5.82 Å². The van der Waals surface area contributed by atoms with Crippen molar-refractivity contribution in [2.24, 2.45) is 0 Å². The zero-order valence-corrected chi connectivity index (χ0v) is 22.9. The summed E-state index contributed by atoms with van der Waals surface area (Å²) in [4.78, 5) is 9.27. The van der Waals surface area contributed by atoms with E-state index in [1.807, 2.05) is 30.3 Å². The Morgan fingerprint density at radius 2 is 1.62 bits per heavy atom. The molecule has 6 aromatic rings. The van der Waals surface area contributed by atoms with Crippen molar-refractivity contribution >= 4 is 21.8 Å². The van der Waals surface area contributed by atoms with E-state index in [0.29, 0.717) is 11.6 Å². The SMILES string of the molecule is CCc1ccnc(Oc2[c-]c(-c3[c-]c4c(cc3)c3ccccc3n4-c3cccc(CC)n3)ccc2)c1.[Pt+2]. The molecule has 3 aromatic heterocycles. The normalized spacial score (nSPS) is 11.0. The molecule has 3 heterocycles. The molecule has 0 radical (unpaired) electrons. The Kier molecular flexibility index (Phi) is 7.21. The van der Waals surface area contributed by atoms with Gasteiger partial charge in [-0.1, -0.05) is 43.5 Å². The van der Waals surface area contributed by atoms with Crippen LogP contribution in [0.25, 0.3) is 38.8 Å². The molecule has 0 unspecified atom stereocenters. The molecule has 0 bridgehead atoms. The van der Waals surface area contributed by atoms with Crippen LogP contribution in [0.4, 0.5) is 0 Å². The zero-order chi connectivity index (χ0) is 24.5. The first-order valence-corrected chi connectivity index (χ1v) is 12.3. The van der Waals surface area contributed by atoms with Crippen LogP contribution >= 0.6 is 0 Å². The molecule has 4 nitrogen and oxygen atoms in total. The zero-order valence-electron chi connectivity index (χ0n) is 20.6. The standard InChI is InChI=1S/C32H25N3O.Pt/c1-3-22-17-18-33-32(19-22)36-26-11-7-9-23(20-26)24-15-16-28-27-12-5-6-13-29(27)35(30(28)21-24)31-14-8-10-25(4-2)34-31;/h5-19H,3-4H2,1-2H3;/q-2;+2. The van der Waals surface area contributed by atoms with E-state index in [-0.39, 0.29) is 21.1 Å². The third-order valence-corrected chi connectivity index (χ3v) is 6.45. The number of fused-ring (bicyclic) bond motifs is 3. The van der Waals surface area contributed by atoms with Crippen LogP contribution < -0.4 is 4.74 Å². The molecule has 5 heteroatoms. The maximum Gasteiger partial charge on any atom is 2.00 e. The number of benzene rings is 3. The Labute approximate surface area is 231 Å².